The van der Waals surface area contributed by atoms with Gasteiger partial charge in [0.25, 0.3) is 0 Å². The fourth-order valence-electron chi connectivity index (χ4n) is 1.93. The van der Waals surface area contributed by atoms with Crippen molar-refractivity contribution in [1.82, 2.24) is 4.90 Å². The fourth-order valence-corrected chi connectivity index (χ4v) is 1.93. The molecule has 1 N–H and O–H groups in total. The minimum Gasteiger partial charge on any atom is -0.392 e. The molecule has 1 saturated heterocycles. The third-order valence-electron chi connectivity index (χ3n) is 2.59. The molecule has 0 spiro atoms. The summed E-state index contributed by atoms with van der Waals surface area (Å²) in [5.74, 6) is 0. The molecule has 0 saturated carbocycles. The SMILES string of the molecule is CCOC(CN1CCCC(O)C1)OCC. The Morgan fingerprint density at radius 1 is 1.33 bits per heavy atom. The molecule has 1 atom stereocenters. The van der Waals surface area contributed by atoms with Crippen molar-refractivity contribution >= 4 is 0 Å². The van der Waals surface area contributed by atoms with Gasteiger partial charge in [-0.2, -0.15) is 0 Å². The van der Waals surface area contributed by atoms with E-state index in [2.05, 4.69) is 4.90 Å². The summed E-state index contributed by atoms with van der Waals surface area (Å²) in [5, 5.41) is 9.53. The van der Waals surface area contributed by atoms with E-state index in [1.807, 2.05) is 13.8 Å². The van der Waals surface area contributed by atoms with E-state index < -0.39 is 0 Å². The number of rotatable bonds is 6. The second kappa shape index (κ2) is 7.17. The standard InChI is InChI=1S/C11H23NO3/c1-3-14-11(15-4-2)9-12-7-5-6-10(13)8-12/h10-11,13H,3-9H2,1-2H3. The van der Waals surface area contributed by atoms with E-state index in [0.717, 1.165) is 32.5 Å². The van der Waals surface area contributed by atoms with E-state index in [0.29, 0.717) is 13.2 Å². The summed E-state index contributed by atoms with van der Waals surface area (Å²) < 4.78 is 10.9. The average molecular weight is 217 g/mol. The van der Waals surface area contributed by atoms with Crippen molar-refractivity contribution in [2.24, 2.45) is 0 Å². The number of likely N-dealkylation sites (tertiary alicyclic amines) is 1. The van der Waals surface area contributed by atoms with Crippen molar-refractivity contribution in [3.8, 4) is 0 Å². The Labute approximate surface area is 92.2 Å². The predicted molar refractivity (Wildman–Crippen MR) is 58.7 cm³/mol. The molecule has 4 nitrogen and oxygen atoms in total. The van der Waals surface area contributed by atoms with Gasteiger partial charge in [0.05, 0.1) is 6.10 Å². The Balaban J connectivity index is 2.28. The summed E-state index contributed by atoms with van der Waals surface area (Å²) in [4.78, 5) is 2.21. The molecule has 1 unspecified atom stereocenters. The number of hydrogen-bond donors (Lipinski definition) is 1. The van der Waals surface area contributed by atoms with Gasteiger partial charge < -0.3 is 14.6 Å². The number of nitrogens with zero attached hydrogens (tertiary/aromatic N) is 1. The monoisotopic (exact) mass is 217 g/mol. The van der Waals surface area contributed by atoms with Crippen LogP contribution in [0.3, 0.4) is 0 Å². The lowest BCUT2D eigenvalue weighted by atomic mass is 10.1. The number of piperidine rings is 1. The summed E-state index contributed by atoms with van der Waals surface area (Å²) in [5.41, 5.74) is 0. The van der Waals surface area contributed by atoms with Gasteiger partial charge in [0, 0.05) is 26.3 Å². The van der Waals surface area contributed by atoms with Crippen LogP contribution in [-0.4, -0.2) is 55.2 Å². The minimum atomic E-state index is -0.178. The number of β-amino-alcohol motifs (C(OH)–C–C–N with tert-alkyl or cyclic N) is 1. The summed E-state index contributed by atoms with van der Waals surface area (Å²) in [7, 11) is 0. The van der Waals surface area contributed by atoms with Gasteiger partial charge in [-0.3, -0.25) is 4.90 Å². The summed E-state index contributed by atoms with van der Waals surface area (Å²) in [6, 6.07) is 0. The first-order chi connectivity index (χ1) is 7.26. The first kappa shape index (κ1) is 12.9. The van der Waals surface area contributed by atoms with E-state index in [-0.39, 0.29) is 12.4 Å². The van der Waals surface area contributed by atoms with Gasteiger partial charge in [-0.15, -0.1) is 0 Å². The fraction of sp³-hybridized carbons (Fsp3) is 1.00. The van der Waals surface area contributed by atoms with E-state index in [1.165, 1.54) is 0 Å². The smallest absolute Gasteiger partial charge is 0.170 e. The maximum absolute atomic E-state index is 9.53. The van der Waals surface area contributed by atoms with Crippen LogP contribution in [-0.2, 0) is 9.47 Å². The first-order valence-corrected chi connectivity index (χ1v) is 5.89. The number of hydrogen-bond acceptors (Lipinski definition) is 4. The zero-order valence-corrected chi connectivity index (χ0v) is 9.82. The molecular formula is C11H23NO3. The van der Waals surface area contributed by atoms with Crippen molar-refractivity contribution < 1.29 is 14.6 Å². The van der Waals surface area contributed by atoms with E-state index in [1.54, 1.807) is 0 Å². The Bertz CT molecular complexity index is 157. The quantitative estimate of drug-likeness (QED) is 0.670. The number of aliphatic hydroxyl groups is 1. The van der Waals surface area contributed by atoms with Gasteiger partial charge in [0.1, 0.15) is 0 Å². The van der Waals surface area contributed by atoms with Crippen LogP contribution in [0.5, 0.6) is 0 Å². The third-order valence-corrected chi connectivity index (χ3v) is 2.59. The van der Waals surface area contributed by atoms with Gasteiger partial charge in [-0.25, -0.2) is 0 Å². The normalized spacial score (nSPS) is 23.6. The molecule has 1 heterocycles. The Hall–Kier alpha value is -0.160. The van der Waals surface area contributed by atoms with Gasteiger partial charge in [-0.05, 0) is 33.2 Å². The molecule has 0 aromatic carbocycles. The van der Waals surface area contributed by atoms with Crippen LogP contribution in [0.1, 0.15) is 26.7 Å². The second-order valence-corrected chi connectivity index (χ2v) is 3.90. The first-order valence-electron chi connectivity index (χ1n) is 5.89. The highest BCUT2D eigenvalue weighted by Gasteiger charge is 2.21. The van der Waals surface area contributed by atoms with Crippen LogP contribution >= 0.6 is 0 Å². The van der Waals surface area contributed by atoms with Gasteiger partial charge in [-0.1, -0.05) is 0 Å². The summed E-state index contributed by atoms with van der Waals surface area (Å²) in [6.45, 7) is 7.82. The molecule has 0 aromatic rings. The molecule has 0 aliphatic carbocycles. The molecule has 1 rings (SSSR count). The van der Waals surface area contributed by atoms with Crippen LogP contribution in [0, 0.1) is 0 Å². The molecule has 1 fully saturated rings. The molecule has 1 aliphatic heterocycles. The van der Waals surface area contributed by atoms with Crippen molar-refractivity contribution in [2.45, 2.75) is 39.1 Å². The molecule has 1 aliphatic rings. The van der Waals surface area contributed by atoms with E-state index >= 15 is 0 Å². The second-order valence-electron chi connectivity index (χ2n) is 3.90. The summed E-state index contributed by atoms with van der Waals surface area (Å²) >= 11 is 0. The van der Waals surface area contributed by atoms with Crippen molar-refractivity contribution in [2.75, 3.05) is 32.8 Å². The van der Waals surface area contributed by atoms with Gasteiger partial charge >= 0.3 is 0 Å². The molecule has 4 heteroatoms. The highest BCUT2D eigenvalue weighted by molar-refractivity contribution is 4.72. The van der Waals surface area contributed by atoms with Gasteiger partial charge in [0.15, 0.2) is 6.29 Å². The molecule has 15 heavy (non-hydrogen) atoms. The van der Waals surface area contributed by atoms with Gasteiger partial charge in [0.2, 0.25) is 0 Å². The van der Waals surface area contributed by atoms with Crippen LogP contribution in [0.15, 0.2) is 0 Å². The minimum absolute atomic E-state index is 0.148. The van der Waals surface area contributed by atoms with Crippen LogP contribution in [0.2, 0.25) is 0 Å². The molecule has 0 radical (unpaired) electrons. The molecule has 90 valence electrons. The predicted octanol–water partition coefficient (Wildman–Crippen LogP) is 0.842. The Kier molecular flexibility index (Phi) is 6.17. The lowest BCUT2D eigenvalue weighted by Gasteiger charge is -2.32. The molecular weight excluding hydrogens is 194 g/mol. The maximum atomic E-state index is 9.53. The third kappa shape index (κ3) is 4.93. The number of aliphatic hydroxyl groups excluding tert-OH is 1. The average Bonchev–Trinajstić information content (AvgIpc) is 2.18. The van der Waals surface area contributed by atoms with Crippen molar-refractivity contribution in [3.05, 3.63) is 0 Å². The van der Waals surface area contributed by atoms with Crippen molar-refractivity contribution in [3.63, 3.8) is 0 Å². The highest BCUT2D eigenvalue weighted by Crippen LogP contribution is 2.11. The van der Waals surface area contributed by atoms with Crippen LogP contribution in [0.25, 0.3) is 0 Å². The number of ether oxygens (including phenoxy) is 2. The molecule has 0 aromatic heterocycles. The molecule has 0 amide bonds. The zero-order valence-electron chi connectivity index (χ0n) is 9.82. The van der Waals surface area contributed by atoms with E-state index in [4.69, 9.17) is 9.47 Å². The van der Waals surface area contributed by atoms with Crippen molar-refractivity contribution in [1.29, 1.82) is 0 Å². The highest BCUT2D eigenvalue weighted by atomic mass is 16.7. The maximum Gasteiger partial charge on any atom is 0.170 e. The Morgan fingerprint density at radius 3 is 2.53 bits per heavy atom. The lowest BCUT2D eigenvalue weighted by Crippen LogP contribution is -2.43. The largest absolute Gasteiger partial charge is 0.392 e. The van der Waals surface area contributed by atoms with E-state index in [9.17, 15) is 5.11 Å². The molecule has 0 bridgehead atoms. The van der Waals surface area contributed by atoms with Crippen LogP contribution in [0.4, 0.5) is 0 Å². The summed E-state index contributed by atoms with van der Waals surface area (Å²) in [6.07, 6.45) is 1.66. The Morgan fingerprint density at radius 2 is 2.00 bits per heavy atom. The zero-order chi connectivity index (χ0) is 11.1. The lowest BCUT2D eigenvalue weighted by molar-refractivity contribution is -0.150. The topological polar surface area (TPSA) is 41.9 Å². The van der Waals surface area contributed by atoms with Crippen LogP contribution < -0.4 is 0 Å².